The molecule has 0 amide bonds. The molecule has 0 radical (unpaired) electrons. The monoisotopic (exact) mass is 256 g/mol. The minimum atomic E-state index is -0.447. The molecule has 0 saturated carbocycles. The van der Waals surface area contributed by atoms with Gasteiger partial charge in [0, 0.05) is 0 Å². The Kier molecular flexibility index (Phi) is 4.19. The second-order valence-corrected chi connectivity index (χ2v) is 3.23. The van der Waals surface area contributed by atoms with Crippen molar-refractivity contribution < 1.29 is 14.3 Å². The highest BCUT2D eigenvalue weighted by atomic mass is 79.9. The summed E-state index contributed by atoms with van der Waals surface area (Å²) in [6, 6.07) is 7.35. The third kappa shape index (κ3) is 3.22. The van der Waals surface area contributed by atoms with Crippen LogP contribution in [0.2, 0.25) is 0 Å². The molecule has 0 aliphatic rings. The molecular weight excluding hydrogens is 248 g/mol. The van der Waals surface area contributed by atoms with Gasteiger partial charge in [-0.1, -0.05) is 12.1 Å². The molecule has 74 valence electrons. The van der Waals surface area contributed by atoms with E-state index >= 15 is 0 Å². The molecule has 0 saturated heterocycles. The van der Waals surface area contributed by atoms with Crippen molar-refractivity contribution in [3.63, 3.8) is 0 Å². The van der Waals surface area contributed by atoms with E-state index < -0.39 is 5.97 Å². The maximum Gasteiger partial charge on any atom is 0.333 e. The number of hydrogen-bond donors (Lipinski definition) is 0. The summed E-state index contributed by atoms with van der Waals surface area (Å²) in [6.45, 7) is 0. The molecule has 0 fully saturated rings. The number of halogens is 1. The molecular formula is C10H9BrO3. The summed E-state index contributed by atoms with van der Waals surface area (Å²) in [6.07, 6.45) is 2.49. The molecule has 0 unspecified atom stereocenters. The number of rotatable bonds is 3. The average Bonchev–Trinajstić information content (AvgIpc) is 2.20. The summed E-state index contributed by atoms with van der Waals surface area (Å²) in [4.78, 5) is 10.7. The van der Waals surface area contributed by atoms with Crippen molar-refractivity contribution >= 4 is 21.9 Å². The molecule has 1 aromatic rings. The topological polar surface area (TPSA) is 35.5 Å². The number of carbonyl (C=O) groups is 1. The zero-order valence-electron chi connectivity index (χ0n) is 7.57. The standard InChI is InChI=1S/C10H9BrO3/c1-13-10(12)6-7-14-9-5-3-2-4-8(9)11/h2-7H,1H3/b7-6+. The maximum absolute atomic E-state index is 10.7. The van der Waals surface area contributed by atoms with Gasteiger partial charge in [0.1, 0.15) is 5.75 Å². The highest BCUT2D eigenvalue weighted by Gasteiger charge is 1.96. The third-order valence-electron chi connectivity index (χ3n) is 1.44. The first kappa shape index (κ1) is 10.8. The molecule has 0 N–H and O–H groups in total. The van der Waals surface area contributed by atoms with Crippen LogP contribution in [0.1, 0.15) is 0 Å². The lowest BCUT2D eigenvalue weighted by atomic mass is 10.3. The summed E-state index contributed by atoms with van der Waals surface area (Å²) in [5.74, 6) is 0.199. The zero-order chi connectivity index (χ0) is 10.4. The van der Waals surface area contributed by atoms with E-state index in [2.05, 4.69) is 20.7 Å². The van der Waals surface area contributed by atoms with Crippen LogP contribution in [0.5, 0.6) is 5.75 Å². The van der Waals surface area contributed by atoms with Crippen LogP contribution in [0.25, 0.3) is 0 Å². The predicted molar refractivity (Wildman–Crippen MR) is 55.9 cm³/mol. The summed E-state index contributed by atoms with van der Waals surface area (Å²) >= 11 is 3.31. The van der Waals surface area contributed by atoms with Crippen LogP contribution in [0.4, 0.5) is 0 Å². The summed E-state index contributed by atoms with van der Waals surface area (Å²) < 4.78 is 10.4. The Bertz CT molecular complexity index is 347. The van der Waals surface area contributed by atoms with Gasteiger partial charge in [0.15, 0.2) is 0 Å². The van der Waals surface area contributed by atoms with Gasteiger partial charge in [-0.2, -0.15) is 0 Å². The normalized spacial score (nSPS) is 10.1. The lowest BCUT2D eigenvalue weighted by molar-refractivity contribution is -0.134. The molecule has 14 heavy (non-hydrogen) atoms. The first-order chi connectivity index (χ1) is 6.74. The second kappa shape index (κ2) is 5.44. The van der Waals surface area contributed by atoms with Crippen LogP contribution in [-0.4, -0.2) is 13.1 Å². The fourth-order valence-electron chi connectivity index (χ4n) is 0.771. The SMILES string of the molecule is COC(=O)/C=C/Oc1ccccc1Br. The lowest BCUT2D eigenvalue weighted by Gasteiger charge is -2.01. The van der Waals surface area contributed by atoms with E-state index in [1.807, 2.05) is 18.2 Å². The van der Waals surface area contributed by atoms with Crippen molar-refractivity contribution in [2.45, 2.75) is 0 Å². The number of hydrogen-bond acceptors (Lipinski definition) is 3. The van der Waals surface area contributed by atoms with E-state index in [0.717, 1.165) is 4.47 Å². The predicted octanol–water partition coefficient (Wildman–Crippen LogP) is 2.51. The molecule has 1 rings (SSSR count). The quantitative estimate of drug-likeness (QED) is 0.474. The van der Waals surface area contributed by atoms with E-state index in [1.54, 1.807) is 6.07 Å². The Hall–Kier alpha value is -1.29. The number of esters is 1. The summed E-state index contributed by atoms with van der Waals surface area (Å²) in [5, 5.41) is 0. The number of para-hydroxylation sites is 1. The van der Waals surface area contributed by atoms with Crippen molar-refractivity contribution in [1.29, 1.82) is 0 Å². The Morgan fingerprint density at radius 2 is 2.14 bits per heavy atom. The van der Waals surface area contributed by atoms with E-state index in [9.17, 15) is 4.79 Å². The van der Waals surface area contributed by atoms with E-state index in [4.69, 9.17) is 4.74 Å². The van der Waals surface area contributed by atoms with Crippen LogP contribution in [-0.2, 0) is 9.53 Å². The highest BCUT2D eigenvalue weighted by Crippen LogP contribution is 2.23. The van der Waals surface area contributed by atoms with Crippen LogP contribution >= 0.6 is 15.9 Å². The van der Waals surface area contributed by atoms with E-state index in [-0.39, 0.29) is 0 Å². The average molecular weight is 257 g/mol. The van der Waals surface area contributed by atoms with Gasteiger partial charge in [0.05, 0.1) is 23.9 Å². The third-order valence-corrected chi connectivity index (χ3v) is 2.09. The molecule has 0 heterocycles. The number of methoxy groups -OCH3 is 1. The molecule has 0 spiro atoms. The Morgan fingerprint density at radius 3 is 2.79 bits per heavy atom. The fourth-order valence-corrected chi connectivity index (χ4v) is 1.15. The van der Waals surface area contributed by atoms with Gasteiger partial charge in [0.2, 0.25) is 0 Å². The van der Waals surface area contributed by atoms with E-state index in [1.165, 1.54) is 19.4 Å². The van der Waals surface area contributed by atoms with Crippen molar-refractivity contribution in [1.82, 2.24) is 0 Å². The highest BCUT2D eigenvalue weighted by molar-refractivity contribution is 9.10. The molecule has 0 atom stereocenters. The second-order valence-electron chi connectivity index (χ2n) is 2.37. The van der Waals surface area contributed by atoms with Gasteiger partial charge in [-0.25, -0.2) is 4.79 Å². The number of carbonyl (C=O) groups excluding carboxylic acids is 1. The van der Waals surface area contributed by atoms with Crippen LogP contribution in [0.3, 0.4) is 0 Å². The molecule has 0 aliphatic carbocycles. The smallest absolute Gasteiger partial charge is 0.333 e. The molecule has 3 nitrogen and oxygen atoms in total. The van der Waals surface area contributed by atoms with Gasteiger partial charge in [0.25, 0.3) is 0 Å². The minimum absolute atomic E-state index is 0.447. The Morgan fingerprint density at radius 1 is 1.43 bits per heavy atom. The van der Waals surface area contributed by atoms with Crippen molar-refractivity contribution in [3.8, 4) is 5.75 Å². The zero-order valence-corrected chi connectivity index (χ0v) is 9.15. The number of benzene rings is 1. The molecule has 4 heteroatoms. The Labute approximate surface area is 90.5 Å². The minimum Gasteiger partial charge on any atom is -0.466 e. The van der Waals surface area contributed by atoms with Crippen molar-refractivity contribution in [2.24, 2.45) is 0 Å². The van der Waals surface area contributed by atoms with Crippen molar-refractivity contribution in [2.75, 3.05) is 7.11 Å². The molecule has 1 aromatic carbocycles. The molecule has 0 aromatic heterocycles. The maximum atomic E-state index is 10.7. The summed E-state index contributed by atoms with van der Waals surface area (Å²) in [7, 11) is 1.31. The number of ether oxygens (including phenoxy) is 2. The lowest BCUT2D eigenvalue weighted by Crippen LogP contribution is -1.95. The van der Waals surface area contributed by atoms with Crippen molar-refractivity contribution in [3.05, 3.63) is 41.1 Å². The van der Waals surface area contributed by atoms with Gasteiger partial charge in [-0.3, -0.25) is 0 Å². The fraction of sp³-hybridized carbons (Fsp3) is 0.100. The van der Waals surface area contributed by atoms with Crippen LogP contribution in [0.15, 0.2) is 41.1 Å². The first-order valence-electron chi connectivity index (χ1n) is 3.89. The Balaban J connectivity index is 2.58. The van der Waals surface area contributed by atoms with Gasteiger partial charge in [-0.15, -0.1) is 0 Å². The van der Waals surface area contributed by atoms with Crippen LogP contribution in [0, 0.1) is 0 Å². The van der Waals surface area contributed by atoms with Gasteiger partial charge < -0.3 is 9.47 Å². The van der Waals surface area contributed by atoms with Crippen LogP contribution < -0.4 is 4.74 Å². The molecule has 0 aliphatic heterocycles. The molecule has 0 bridgehead atoms. The van der Waals surface area contributed by atoms with E-state index in [0.29, 0.717) is 5.75 Å². The van der Waals surface area contributed by atoms with Gasteiger partial charge >= 0.3 is 5.97 Å². The largest absolute Gasteiger partial charge is 0.466 e. The van der Waals surface area contributed by atoms with Gasteiger partial charge in [-0.05, 0) is 28.1 Å². The first-order valence-corrected chi connectivity index (χ1v) is 4.69. The summed E-state index contributed by atoms with van der Waals surface area (Å²) in [5.41, 5.74) is 0.